The van der Waals surface area contributed by atoms with Gasteiger partial charge in [-0.25, -0.2) is 4.39 Å². The summed E-state index contributed by atoms with van der Waals surface area (Å²) < 4.78 is 15.3. The van der Waals surface area contributed by atoms with Crippen LogP contribution in [0.3, 0.4) is 0 Å². The molecule has 0 saturated carbocycles. The van der Waals surface area contributed by atoms with E-state index in [0.717, 1.165) is 30.5 Å². The maximum Gasteiger partial charge on any atom is 0.270 e. The van der Waals surface area contributed by atoms with Crippen molar-refractivity contribution < 1.29 is 9.18 Å². The van der Waals surface area contributed by atoms with Crippen molar-refractivity contribution in [2.24, 2.45) is 7.05 Å². The SMILES string of the molecule is Cc1ccc(CN2CCN(C(=O)c3cc4ccc(F)cc4n3C)CC2)cc1. The van der Waals surface area contributed by atoms with Gasteiger partial charge in [-0.05, 0) is 36.8 Å². The van der Waals surface area contributed by atoms with Crippen LogP contribution in [0.5, 0.6) is 0 Å². The van der Waals surface area contributed by atoms with Crippen LogP contribution in [0, 0.1) is 12.7 Å². The maximum atomic E-state index is 13.5. The first-order valence-electron chi connectivity index (χ1n) is 9.33. The molecule has 0 bridgehead atoms. The van der Waals surface area contributed by atoms with Gasteiger partial charge in [0.1, 0.15) is 11.5 Å². The van der Waals surface area contributed by atoms with Crippen LogP contribution in [0.15, 0.2) is 48.5 Å². The fraction of sp³-hybridized carbons (Fsp3) is 0.318. The summed E-state index contributed by atoms with van der Waals surface area (Å²) in [5.74, 6) is -0.267. The lowest BCUT2D eigenvalue weighted by Gasteiger charge is -2.34. The third-order valence-electron chi connectivity index (χ3n) is 5.41. The molecule has 1 aromatic heterocycles. The fourth-order valence-electron chi connectivity index (χ4n) is 3.73. The maximum absolute atomic E-state index is 13.5. The van der Waals surface area contributed by atoms with Gasteiger partial charge in [-0.1, -0.05) is 29.8 Å². The average molecular weight is 365 g/mol. The first-order chi connectivity index (χ1) is 13.0. The summed E-state index contributed by atoms with van der Waals surface area (Å²) in [7, 11) is 1.82. The number of halogens is 1. The molecule has 4 rings (SSSR count). The zero-order chi connectivity index (χ0) is 19.0. The molecular weight excluding hydrogens is 341 g/mol. The minimum Gasteiger partial charge on any atom is -0.340 e. The molecule has 0 atom stereocenters. The Hall–Kier alpha value is -2.66. The van der Waals surface area contributed by atoms with E-state index < -0.39 is 0 Å². The first-order valence-corrected chi connectivity index (χ1v) is 9.33. The van der Waals surface area contributed by atoms with Crippen LogP contribution >= 0.6 is 0 Å². The quantitative estimate of drug-likeness (QED) is 0.710. The van der Waals surface area contributed by atoms with Crippen LogP contribution in [0.1, 0.15) is 21.6 Å². The topological polar surface area (TPSA) is 28.5 Å². The van der Waals surface area contributed by atoms with E-state index in [9.17, 15) is 9.18 Å². The van der Waals surface area contributed by atoms with Gasteiger partial charge < -0.3 is 9.47 Å². The van der Waals surface area contributed by atoms with Crippen LogP contribution in [-0.2, 0) is 13.6 Å². The van der Waals surface area contributed by atoms with E-state index in [-0.39, 0.29) is 11.7 Å². The van der Waals surface area contributed by atoms with Gasteiger partial charge in [0.25, 0.3) is 5.91 Å². The number of nitrogens with zero attached hydrogens (tertiary/aromatic N) is 3. The Kier molecular flexibility index (Phi) is 4.70. The normalized spacial score (nSPS) is 15.4. The third kappa shape index (κ3) is 3.60. The Bertz CT molecular complexity index is 969. The standard InChI is InChI=1S/C22H24FN3O/c1-16-3-5-17(6-4-16)15-25-9-11-26(12-10-25)22(27)21-13-18-7-8-19(23)14-20(18)24(21)2/h3-8,13-14H,9-12,15H2,1-2H3. The number of carbonyl (C=O) groups excluding carboxylic acids is 1. The summed E-state index contributed by atoms with van der Waals surface area (Å²) >= 11 is 0. The van der Waals surface area contributed by atoms with Gasteiger partial charge in [-0.15, -0.1) is 0 Å². The second-order valence-corrected chi connectivity index (χ2v) is 7.35. The van der Waals surface area contributed by atoms with E-state index in [1.54, 1.807) is 10.6 Å². The number of carbonyl (C=O) groups is 1. The predicted octanol–water partition coefficient (Wildman–Crippen LogP) is 3.58. The number of hydrogen-bond donors (Lipinski definition) is 0. The van der Waals surface area contributed by atoms with Gasteiger partial charge in [-0.3, -0.25) is 9.69 Å². The molecule has 1 saturated heterocycles. The number of aryl methyl sites for hydroxylation is 2. The van der Waals surface area contributed by atoms with E-state index in [1.165, 1.54) is 23.3 Å². The molecule has 3 aromatic rings. The lowest BCUT2D eigenvalue weighted by atomic mass is 10.1. The van der Waals surface area contributed by atoms with Crippen molar-refractivity contribution in [3.8, 4) is 0 Å². The third-order valence-corrected chi connectivity index (χ3v) is 5.41. The molecule has 5 heteroatoms. The summed E-state index contributed by atoms with van der Waals surface area (Å²) in [6, 6.07) is 15.1. The molecule has 2 heterocycles. The number of aromatic nitrogens is 1. The molecule has 1 aliphatic rings. The van der Waals surface area contributed by atoms with Gasteiger partial charge in [-0.2, -0.15) is 0 Å². The van der Waals surface area contributed by atoms with Gasteiger partial charge >= 0.3 is 0 Å². The Morgan fingerprint density at radius 3 is 2.41 bits per heavy atom. The van der Waals surface area contributed by atoms with Crippen molar-refractivity contribution >= 4 is 16.8 Å². The van der Waals surface area contributed by atoms with Gasteiger partial charge in [0.2, 0.25) is 0 Å². The van der Waals surface area contributed by atoms with Crippen LogP contribution in [0.4, 0.5) is 4.39 Å². The van der Waals surface area contributed by atoms with Crippen LogP contribution in [-0.4, -0.2) is 46.5 Å². The van der Waals surface area contributed by atoms with E-state index >= 15 is 0 Å². The highest BCUT2D eigenvalue weighted by molar-refractivity contribution is 5.98. The summed E-state index contributed by atoms with van der Waals surface area (Å²) in [4.78, 5) is 17.2. The Morgan fingerprint density at radius 1 is 1.00 bits per heavy atom. The molecule has 0 N–H and O–H groups in total. The molecule has 0 radical (unpaired) electrons. The number of hydrogen-bond acceptors (Lipinski definition) is 2. The molecule has 1 aliphatic heterocycles. The molecule has 4 nitrogen and oxygen atoms in total. The smallest absolute Gasteiger partial charge is 0.270 e. The summed E-state index contributed by atoms with van der Waals surface area (Å²) in [5.41, 5.74) is 3.93. The molecule has 1 amide bonds. The van der Waals surface area contributed by atoms with Crippen molar-refractivity contribution in [3.63, 3.8) is 0 Å². The lowest BCUT2D eigenvalue weighted by molar-refractivity contribution is 0.0619. The molecule has 0 unspecified atom stereocenters. The first kappa shape index (κ1) is 17.7. The Balaban J connectivity index is 1.43. The predicted molar refractivity (Wildman–Crippen MR) is 105 cm³/mol. The van der Waals surface area contributed by atoms with Gasteiger partial charge in [0.15, 0.2) is 0 Å². The van der Waals surface area contributed by atoms with Gasteiger partial charge in [0, 0.05) is 45.2 Å². The van der Waals surface area contributed by atoms with E-state index in [2.05, 4.69) is 36.1 Å². The van der Waals surface area contributed by atoms with Crippen molar-refractivity contribution in [2.75, 3.05) is 26.2 Å². The second kappa shape index (κ2) is 7.16. The Morgan fingerprint density at radius 2 is 1.70 bits per heavy atom. The molecule has 1 fully saturated rings. The number of benzene rings is 2. The number of rotatable bonds is 3. The fourth-order valence-corrected chi connectivity index (χ4v) is 3.73. The highest BCUT2D eigenvalue weighted by Gasteiger charge is 2.24. The number of fused-ring (bicyclic) bond motifs is 1. The molecule has 0 aliphatic carbocycles. The summed E-state index contributed by atoms with van der Waals surface area (Å²) in [5, 5.41) is 0.889. The number of piperazine rings is 1. The van der Waals surface area contributed by atoms with Crippen LogP contribution in [0.25, 0.3) is 10.9 Å². The Labute approximate surface area is 158 Å². The van der Waals surface area contributed by atoms with Crippen LogP contribution in [0.2, 0.25) is 0 Å². The summed E-state index contributed by atoms with van der Waals surface area (Å²) in [6.45, 7) is 6.14. The van der Waals surface area contributed by atoms with Crippen molar-refractivity contribution in [2.45, 2.75) is 13.5 Å². The monoisotopic (exact) mass is 365 g/mol. The molecule has 0 spiro atoms. The zero-order valence-corrected chi connectivity index (χ0v) is 15.8. The number of amides is 1. The largest absolute Gasteiger partial charge is 0.340 e. The van der Waals surface area contributed by atoms with Crippen molar-refractivity contribution in [1.29, 1.82) is 0 Å². The molecule has 2 aromatic carbocycles. The summed E-state index contributed by atoms with van der Waals surface area (Å²) in [6.07, 6.45) is 0. The molecule has 27 heavy (non-hydrogen) atoms. The van der Waals surface area contributed by atoms with Crippen molar-refractivity contribution in [1.82, 2.24) is 14.4 Å². The van der Waals surface area contributed by atoms with E-state index in [1.807, 2.05) is 18.0 Å². The van der Waals surface area contributed by atoms with Crippen molar-refractivity contribution in [3.05, 3.63) is 71.2 Å². The minimum atomic E-state index is -0.285. The van der Waals surface area contributed by atoms with E-state index in [0.29, 0.717) is 18.8 Å². The minimum absolute atomic E-state index is 0.0177. The molecule has 140 valence electrons. The van der Waals surface area contributed by atoms with E-state index in [4.69, 9.17) is 0 Å². The van der Waals surface area contributed by atoms with Gasteiger partial charge in [0.05, 0.1) is 5.52 Å². The van der Waals surface area contributed by atoms with Crippen LogP contribution < -0.4 is 0 Å². The zero-order valence-electron chi connectivity index (χ0n) is 15.8. The highest BCUT2D eigenvalue weighted by atomic mass is 19.1. The second-order valence-electron chi connectivity index (χ2n) is 7.35. The highest BCUT2D eigenvalue weighted by Crippen LogP contribution is 2.21. The lowest BCUT2D eigenvalue weighted by Crippen LogP contribution is -2.48. The molecular formula is C22H24FN3O. The average Bonchev–Trinajstić information content (AvgIpc) is 3.00.